The van der Waals surface area contributed by atoms with E-state index in [-0.39, 0.29) is 29.0 Å². The largest absolute Gasteiger partial charge is 0.453 e. The summed E-state index contributed by atoms with van der Waals surface area (Å²) in [6.45, 7) is 7.21. The van der Waals surface area contributed by atoms with E-state index in [0.29, 0.717) is 12.3 Å². The first-order chi connectivity index (χ1) is 10.3. The van der Waals surface area contributed by atoms with Crippen molar-refractivity contribution in [2.45, 2.75) is 58.4 Å². The van der Waals surface area contributed by atoms with Crippen LogP contribution >= 0.6 is 0 Å². The second-order valence-electron chi connectivity index (χ2n) is 7.25. The Balaban J connectivity index is 2.09. The fourth-order valence-corrected chi connectivity index (χ4v) is 3.04. The van der Waals surface area contributed by atoms with E-state index in [1.807, 2.05) is 4.90 Å². The van der Waals surface area contributed by atoms with E-state index < -0.39 is 0 Å². The summed E-state index contributed by atoms with van der Waals surface area (Å²) in [5.41, 5.74) is 0.00619. The number of methoxy groups -OCH3 is 1. The van der Waals surface area contributed by atoms with Crippen LogP contribution in [-0.2, 0) is 4.74 Å². The zero-order valence-corrected chi connectivity index (χ0v) is 13.8. The van der Waals surface area contributed by atoms with Crippen molar-refractivity contribution in [1.82, 2.24) is 10.1 Å². The van der Waals surface area contributed by atoms with Crippen LogP contribution in [0.15, 0.2) is 15.4 Å². The number of hydrogen-bond donors (Lipinski definition) is 1. The van der Waals surface area contributed by atoms with Crippen molar-refractivity contribution in [3.05, 3.63) is 22.2 Å². The number of H-pyrrole nitrogens is 1. The van der Waals surface area contributed by atoms with E-state index in [4.69, 9.17) is 9.26 Å². The molecule has 22 heavy (non-hydrogen) atoms. The monoisotopic (exact) mass is 310 g/mol. The van der Waals surface area contributed by atoms with E-state index in [0.717, 1.165) is 25.7 Å². The van der Waals surface area contributed by atoms with Crippen LogP contribution in [0.4, 0.5) is 4.79 Å². The van der Waals surface area contributed by atoms with E-state index in [2.05, 4.69) is 25.9 Å². The van der Waals surface area contributed by atoms with Gasteiger partial charge in [0, 0.05) is 24.6 Å². The minimum absolute atomic E-state index is 0.116. The molecule has 2 atom stereocenters. The highest BCUT2D eigenvalue weighted by molar-refractivity contribution is 5.68. The maximum absolute atomic E-state index is 12.0. The lowest BCUT2D eigenvalue weighted by atomic mass is 9.82. The molecular weight excluding hydrogens is 284 g/mol. The van der Waals surface area contributed by atoms with Crippen LogP contribution in [0.3, 0.4) is 0 Å². The molecule has 0 radical (unpaired) electrons. The molecule has 6 heteroatoms. The minimum atomic E-state index is -0.270. The molecule has 1 amide bonds. The number of piperidine rings is 1. The number of carbonyl (C=O) groups is 1. The van der Waals surface area contributed by atoms with E-state index in [1.165, 1.54) is 13.2 Å². The summed E-state index contributed by atoms with van der Waals surface area (Å²) in [5.74, 6) is 0.861. The molecule has 1 aliphatic heterocycles. The van der Waals surface area contributed by atoms with E-state index >= 15 is 0 Å². The number of nitrogens with zero attached hydrogens (tertiary/aromatic N) is 1. The van der Waals surface area contributed by atoms with Gasteiger partial charge < -0.3 is 14.2 Å². The number of carbonyl (C=O) groups excluding carboxylic acids is 1. The normalized spacial score (nSPS) is 22.6. The fraction of sp³-hybridized carbons (Fsp3) is 0.750. The summed E-state index contributed by atoms with van der Waals surface area (Å²) in [7, 11) is 1.42. The average Bonchev–Trinajstić information content (AvgIpc) is 2.90. The molecule has 0 aromatic carbocycles. The lowest BCUT2D eigenvalue weighted by Crippen LogP contribution is -2.46. The molecule has 0 bridgehead atoms. The standard InChI is InChI=1S/C16H26N2O4/c1-16(2,3)7-5-12-9-11(13-10-14(19)17-22-13)6-8-18(12)15(20)21-4/h10-12H,5-9H2,1-4H3,(H,17,19)/t11-,12-/m0/s1. The minimum Gasteiger partial charge on any atom is -0.453 e. The maximum atomic E-state index is 12.0. The summed E-state index contributed by atoms with van der Waals surface area (Å²) in [6, 6.07) is 1.63. The second-order valence-corrected chi connectivity index (χ2v) is 7.25. The smallest absolute Gasteiger partial charge is 0.409 e. The van der Waals surface area contributed by atoms with Crippen molar-refractivity contribution < 1.29 is 14.1 Å². The topological polar surface area (TPSA) is 75.5 Å². The number of aromatic nitrogens is 1. The molecule has 0 aliphatic carbocycles. The summed E-state index contributed by atoms with van der Waals surface area (Å²) in [4.78, 5) is 25.0. The predicted octanol–water partition coefficient (Wildman–Crippen LogP) is 3.11. The number of rotatable bonds is 3. The molecule has 1 aromatic rings. The van der Waals surface area contributed by atoms with Crippen LogP contribution in [0.1, 0.15) is 58.1 Å². The lowest BCUT2D eigenvalue weighted by molar-refractivity contribution is 0.0746. The first-order valence-electron chi connectivity index (χ1n) is 7.83. The number of hydrogen-bond acceptors (Lipinski definition) is 4. The van der Waals surface area contributed by atoms with Crippen molar-refractivity contribution >= 4 is 6.09 Å². The first kappa shape index (κ1) is 16.6. The number of likely N-dealkylation sites (tertiary alicyclic amines) is 1. The van der Waals surface area contributed by atoms with Crippen molar-refractivity contribution in [3.8, 4) is 0 Å². The molecule has 1 fully saturated rings. The molecule has 0 spiro atoms. The van der Waals surface area contributed by atoms with Gasteiger partial charge in [0.1, 0.15) is 5.76 Å². The van der Waals surface area contributed by atoms with Gasteiger partial charge in [0.2, 0.25) is 0 Å². The van der Waals surface area contributed by atoms with Gasteiger partial charge in [-0.3, -0.25) is 4.79 Å². The summed E-state index contributed by atoms with van der Waals surface area (Å²) < 4.78 is 10.2. The highest BCUT2D eigenvalue weighted by Crippen LogP contribution is 2.35. The van der Waals surface area contributed by atoms with Gasteiger partial charge in [-0.2, -0.15) is 5.16 Å². The molecule has 2 rings (SSSR count). The van der Waals surface area contributed by atoms with Crippen molar-refractivity contribution in [1.29, 1.82) is 0 Å². The molecule has 2 heterocycles. The van der Waals surface area contributed by atoms with Gasteiger partial charge in [0.15, 0.2) is 0 Å². The Kier molecular flexibility index (Phi) is 4.98. The van der Waals surface area contributed by atoms with Crippen molar-refractivity contribution in [2.24, 2.45) is 5.41 Å². The Bertz CT molecular complexity index is 555. The second kappa shape index (κ2) is 6.58. The van der Waals surface area contributed by atoms with Crippen LogP contribution in [-0.4, -0.2) is 35.8 Å². The fourth-order valence-electron chi connectivity index (χ4n) is 3.04. The molecule has 124 valence electrons. The molecule has 1 aromatic heterocycles. The van der Waals surface area contributed by atoms with Gasteiger partial charge in [-0.05, 0) is 31.1 Å². The number of ether oxygens (including phenoxy) is 1. The third-order valence-corrected chi connectivity index (χ3v) is 4.30. The maximum Gasteiger partial charge on any atom is 0.409 e. The zero-order chi connectivity index (χ0) is 16.3. The lowest BCUT2D eigenvalue weighted by Gasteiger charge is -2.38. The van der Waals surface area contributed by atoms with E-state index in [1.54, 1.807) is 0 Å². The summed E-state index contributed by atoms with van der Waals surface area (Å²) in [5, 5.41) is 2.35. The van der Waals surface area contributed by atoms with Gasteiger partial charge >= 0.3 is 6.09 Å². The summed E-state index contributed by atoms with van der Waals surface area (Å²) >= 11 is 0. The quantitative estimate of drug-likeness (QED) is 0.930. The van der Waals surface area contributed by atoms with Gasteiger partial charge in [0.05, 0.1) is 7.11 Å². The van der Waals surface area contributed by atoms with Gasteiger partial charge in [-0.1, -0.05) is 20.8 Å². The Hall–Kier alpha value is -1.72. The van der Waals surface area contributed by atoms with Gasteiger partial charge in [0.25, 0.3) is 5.56 Å². The molecule has 1 aliphatic rings. The van der Waals surface area contributed by atoms with Crippen LogP contribution < -0.4 is 5.56 Å². The zero-order valence-electron chi connectivity index (χ0n) is 13.8. The van der Waals surface area contributed by atoms with Crippen molar-refractivity contribution in [3.63, 3.8) is 0 Å². The molecule has 6 nitrogen and oxygen atoms in total. The molecule has 0 saturated carbocycles. The number of aromatic amines is 1. The molecule has 1 saturated heterocycles. The highest BCUT2D eigenvalue weighted by atomic mass is 16.5. The number of amides is 1. The first-order valence-corrected chi connectivity index (χ1v) is 7.83. The average molecular weight is 310 g/mol. The molecular formula is C16H26N2O4. The van der Waals surface area contributed by atoms with Crippen LogP contribution in [0.5, 0.6) is 0 Å². The van der Waals surface area contributed by atoms with Crippen LogP contribution in [0.25, 0.3) is 0 Å². The SMILES string of the molecule is COC(=O)N1CC[C@H](c2cc(=O)[nH]o2)C[C@@H]1CCC(C)(C)C. The third kappa shape index (κ3) is 4.15. The van der Waals surface area contributed by atoms with E-state index in [9.17, 15) is 9.59 Å². The molecule has 0 unspecified atom stereocenters. The summed E-state index contributed by atoms with van der Waals surface area (Å²) in [6.07, 6.45) is 3.25. The van der Waals surface area contributed by atoms with Crippen LogP contribution in [0.2, 0.25) is 0 Å². The van der Waals surface area contributed by atoms with Gasteiger partial charge in [-0.25, -0.2) is 4.79 Å². The van der Waals surface area contributed by atoms with Crippen LogP contribution in [0, 0.1) is 5.41 Å². The Morgan fingerprint density at radius 3 is 2.77 bits per heavy atom. The molecule has 1 N–H and O–H groups in total. The third-order valence-electron chi connectivity index (χ3n) is 4.30. The van der Waals surface area contributed by atoms with Gasteiger partial charge in [-0.15, -0.1) is 0 Å². The van der Waals surface area contributed by atoms with Crippen molar-refractivity contribution in [2.75, 3.05) is 13.7 Å². The number of nitrogens with one attached hydrogen (secondary N) is 1. The Morgan fingerprint density at radius 1 is 1.50 bits per heavy atom. The highest BCUT2D eigenvalue weighted by Gasteiger charge is 2.34. The Labute approximate surface area is 130 Å². The Morgan fingerprint density at radius 2 is 2.23 bits per heavy atom. The predicted molar refractivity (Wildman–Crippen MR) is 82.9 cm³/mol.